The first-order valence-corrected chi connectivity index (χ1v) is 8.98. The molecule has 0 saturated heterocycles. The number of carbonyl (C=O) groups excluding carboxylic acids is 1. The first-order valence-electron chi connectivity index (χ1n) is 8.18. The molecule has 1 atom stereocenters. The van der Waals surface area contributed by atoms with Crippen molar-refractivity contribution in [2.24, 2.45) is 0 Å². The number of carbonyl (C=O) groups is 1. The van der Waals surface area contributed by atoms with E-state index in [0.717, 1.165) is 29.7 Å². The van der Waals surface area contributed by atoms with Gasteiger partial charge in [0, 0.05) is 23.2 Å². The first kappa shape index (κ1) is 16.9. The number of nitrogens with one attached hydrogen (secondary N) is 1. The Morgan fingerprint density at radius 3 is 2.46 bits per heavy atom. The second-order valence-electron chi connectivity index (χ2n) is 6.01. The molecule has 2 aromatic carbocycles. The summed E-state index contributed by atoms with van der Waals surface area (Å²) in [5.41, 5.74) is 3.48. The van der Waals surface area contributed by atoms with Gasteiger partial charge in [-0.25, -0.2) is 0 Å². The summed E-state index contributed by atoms with van der Waals surface area (Å²) < 4.78 is 1.00. The second kappa shape index (κ2) is 7.77. The highest BCUT2D eigenvalue weighted by Crippen LogP contribution is 2.23. The molecule has 2 aromatic rings. The van der Waals surface area contributed by atoms with Gasteiger partial charge in [0.2, 0.25) is 5.91 Å². The van der Waals surface area contributed by atoms with Crippen LogP contribution in [0.4, 0.5) is 5.69 Å². The monoisotopic (exact) mass is 384 g/mol. The van der Waals surface area contributed by atoms with E-state index in [4.69, 9.17) is 0 Å². The van der Waals surface area contributed by atoms with Crippen molar-refractivity contribution in [2.75, 3.05) is 18.4 Å². The summed E-state index contributed by atoms with van der Waals surface area (Å²) in [6.45, 7) is 3.67. The Labute approximate surface area is 151 Å². The lowest BCUT2D eigenvalue weighted by Crippen LogP contribution is -2.44. The normalized spacial score (nSPS) is 16.3. The van der Waals surface area contributed by atoms with Gasteiger partial charge in [0.05, 0.1) is 6.04 Å². The largest absolute Gasteiger partial charge is 0.325 e. The van der Waals surface area contributed by atoms with Gasteiger partial charge in [0.25, 0.3) is 0 Å². The minimum absolute atomic E-state index is 0.0360. The van der Waals surface area contributed by atoms with Crippen molar-refractivity contribution in [3.05, 3.63) is 70.7 Å². The zero-order chi connectivity index (χ0) is 16.9. The van der Waals surface area contributed by atoms with E-state index in [0.29, 0.717) is 0 Å². The average molecular weight is 385 g/mol. The van der Waals surface area contributed by atoms with Gasteiger partial charge in [-0.1, -0.05) is 52.3 Å². The predicted molar refractivity (Wildman–Crippen MR) is 103 cm³/mol. The lowest BCUT2D eigenvalue weighted by molar-refractivity contribution is -0.120. The molecule has 124 valence electrons. The van der Waals surface area contributed by atoms with Gasteiger partial charge in [-0.2, -0.15) is 0 Å². The summed E-state index contributed by atoms with van der Waals surface area (Å²) >= 11 is 3.40. The fourth-order valence-corrected chi connectivity index (χ4v) is 3.16. The van der Waals surface area contributed by atoms with Crippen LogP contribution in [-0.2, 0) is 4.79 Å². The number of benzene rings is 2. The van der Waals surface area contributed by atoms with Crippen LogP contribution in [0.1, 0.15) is 18.9 Å². The highest BCUT2D eigenvalue weighted by atomic mass is 79.9. The lowest BCUT2D eigenvalue weighted by atomic mass is 9.99. The summed E-state index contributed by atoms with van der Waals surface area (Å²) in [5, 5.41) is 2.99. The molecule has 4 heteroatoms. The SMILES string of the molecule is C[C@@H](C(=O)Nc1ccc(Br)cc1)N1CC=C(c2ccccc2)CC1. The van der Waals surface area contributed by atoms with Gasteiger partial charge in [-0.3, -0.25) is 9.69 Å². The Morgan fingerprint density at radius 2 is 1.83 bits per heavy atom. The predicted octanol–water partition coefficient (Wildman–Crippen LogP) is 4.57. The van der Waals surface area contributed by atoms with Crippen LogP contribution in [0.15, 0.2) is 65.1 Å². The third kappa shape index (κ3) is 4.13. The fraction of sp³-hybridized carbons (Fsp3) is 0.250. The summed E-state index contributed by atoms with van der Waals surface area (Å²) in [4.78, 5) is 14.7. The van der Waals surface area contributed by atoms with E-state index in [2.05, 4.69) is 56.5 Å². The summed E-state index contributed by atoms with van der Waals surface area (Å²) in [6.07, 6.45) is 3.21. The minimum atomic E-state index is -0.151. The van der Waals surface area contributed by atoms with Crippen molar-refractivity contribution in [3.63, 3.8) is 0 Å². The number of hydrogen-bond acceptors (Lipinski definition) is 2. The molecular weight excluding hydrogens is 364 g/mol. The van der Waals surface area contributed by atoms with Crippen molar-refractivity contribution in [1.82, 2.24) is 4.90 Å². The lowest BCUT2D eigenvalue weighted by Gasteiger charge is -2.31. The van der Waals surface area contributed by atoms with Gasteiger partial charge in [0.15, 0.2) is 0 Å². The Hall–Kier alpha value is -1.91. The molecule has 1 heterocycles. The Morgan fingerprint density at radius 1 is 1.12 bits per heavy atom. The standard InChI is InChI=1S/C20H21BrN2O/c1-15(20(24)22-19-9-7-18(21)8-10-19)23-13-11-17(12-14-23)16-5-3-2-4-6-16/h2-11,15H,12-14H2,1H3,(H,22,24)/t15-/m0/s1. The van der Waals surface area contributed by atoms with Gasteiger partial charge in [0.1, 0.15) is 0 Å². The summed E-state index contributed by atoms with van der Waals surface area (Å²) in [6, 6.07) is 18.0. The molecule has 1 N–H and O–H groups in total. The third-order valence-corrected chi connectivity index (χ3v) is 4.95. The highest BCUT2D eigenvalue weighted by molar-refractivity contribution is 9.10. The third-order valence-electron chi connectivity index (χ3n) is 4.42. The van der Waals surface area contributed by atoms with E-state index in [1.807, 2.05) is 37.3 Å². The number of halogens is 1. The Bertz CT molecular complexity index is 725. The van der Waals surface area contributed by atoms with Crippen LogP contribution in [0.2, 0.25) is 0 Å². The number of nitrogens with zero attached hydrogens (tertiary/aromatic N) is 1. The van der Waals surface area contributed by atoms with E-state index in [9.17, 15) is 4.79 Å². The molecule has 0 fully saturated rings. The van der Waals surface area contributed by atoms with Crippen molar-refractivity contribution in [3.8, 4) is 0 Å². The Kier molecular flexibility index (Phi) is 5.48. The molecule has 1 aliphatic heterocycles. The van der Waals surface area contributed by atoms with Gasteiger partial charge in [-0.05, 0) is 48.7 Å². The van der Waals surface area contributed by atoms with Crippen LogP contribution in [0.5, 0.6) is 0 Å². The smallest absolute Gasteiger partial charge is 0.241 e. The minimum Gasteiger partial charge on any atom is -0.325 e. The van der Waals surface area contributed by atoms with Gasteiger partial charge in [-0.15, -0.1) is 0 Å². The van der Waals surface area contributed by atoms with E-state index in [1.165, 1.54) is 11.1 Å². The van der Waals surface area contributed by atoms with Crippen LogP contribution in [0.3, 0.4) is 0 Å². The molecule has 3 rings (SSSR count). The van der Waals surface area contributed by atoms with Crippen LogP contribution in [0, 0.1) is 0 Å². The van der Waals surface area contributed by atoms with Gasteiger partial charge < -0.3 is 5.32 Å². The van der Waals surface area contributed by atoms with Crippen molar-refractivity contribution >= 4 is 33.1 Å². The van der Waals surface area contributed by atoms with Crippen LogP contribution < -0.4 is 5.32 Å². The van der Waals surface area contributed by atoms with Crippen molar-refractivity contribution in [1.29, 1.82) is 0 Å². The Balaban J connectivity index is 1.60. The quantitative estimate of drug-likeness (QED) is 0.837. The second-order valence-corrected chi connectivity index (χ2v) is 6.93. The molecule has 1 aliphatic rings. The molecule has 3 nitrogen and oxygen atoms in total. The molecule has 0 spiro atoms. The zero-order valence-electron chi connectivity index (χ0n) is 13.7. The van der Waals surface area contributed by atoms with Crippen LogP contribution in [-0.4, -0.2) is 29.9 Å². The topological polar surface area (TPSA) is 32.3 Å². The molecule has 0 radical (unpaired) electrons. The molecule has 0 bridgehead atoms. The molecule has 0 saturated carbocycles. The van der Waals surface area contributed by atoms with E-state index in [-0.39, 0.29) is 11.9 Å². The molecule has 0 aromatic heterocycles. The average Bonchev–Trinajstić information content (AvgIpc) is 2.64. The number of amides is 1. The zero-order valence-corrected chi connectivity index (χ0v) is 15.3. The molecule has 0 aliphatic carbocycles. The highest BCUT2D eigenvalue weighted by Gasteiger charge is 2.23. The fourth-order valence-electron chi connectivity index (χ4n) is 2.90. The first-order chi connectivity index (χ1) is 11.6. The molecule has 24 heavy (non-hydrogen) atoms. The number of rotatable bonds is 4. The number of anilines is 1. The van der Waals surface area contributed by atoms with Crippen molar-refractivity contribution < 1.29 is 4.79 Å². The van der Waals surface area contributed by atoms with Crippen molar-refractivity contribution in [2.45, 2.75) is 19.4 Å². The van der Waals surface area contributed by atoms with E-state index in [1.54, 1.807) is 0 Å². The molecular formula is C20H21BrN2O. The summed E-state index contributed by atoms with van der Waals surface area (Å²) in [5.74, 6) is 0.0360. The maximum atomic E-state index is 12.5. The van der Waals surface area contributed by atoms with Gasteiger partial charge >= 0.3 is 0 Å². The molecule has 1 amide bonds. The van der Waals surface area contributed by atoms with E-state index >= 15 is 0 Å². The van der Waals surface area contributed by atoms with Crippen LogP contribution in [0.25, 0.3) is 5.57 Å². The number of hydrogen-bond donors (Lipinski definition) is 1. The van der Waals surface area contributed by atoms with Crippen LogP contribution >= 0.6 is 15.9 Å². The maximum absolute atomic E-state index is 12.5. The van der Waals surface area contributed by atoms with E-state index < -0.39 is 0 Å². The maximum Gasteiger partial charge on any atom is 0.241 e. The summed E-state index contributed by atoms with van der Waals surface area (Å²) in [7, 11) is 0. The molecule has 0 unspecified atom stereocenters.